The van der Waals surface area contributed by atoms with Gasteiger partial charge in [-0.3, -0.25) is 0 Å². The number of aromatic nitrogens is 3. The minimum Gasteiger partial charge on any atom is -0.486 e. The Hall–Kier alpha value is -4.10. The molecule has 186 valence electrons. The third kappa shape index (κ3) is 5.84. The number of benzene rings is 3. The quantitative estimate of drug-likeness (QED) is 0.208. The summed E-state index contributed by atoms with van der Waals surface area (Å²) in [7, 11) is 0. The number of fused-ring (bicyclic) bond motifs is 1. The van der Waals surface area contributed by atoms with Crippen LogP contribution in [0.3, 0.4) is 0 Å². The number of rotatable bonds is 8. The van der Waals surface area contributed by atoms with Crippen molar-refractivity contribution in [3.63, 3.8) is 0 Å². The molecule has 0 radical (unpaired) electrons. The summed E-state index contributed by atoms with van der Waals surface area (Å²) in [5, 5.41) is 4.39. The lowest BCUT2D eigenvalue weighted by Gasteiger charge is -2.18. The molecule has 3 N–H and O–H groups in total. The SMILES string of the molecule is CC(C)c1ccc2c(Nc3cc(OC(C)c4ccccc4)ccc3Sc3ccc(N)cc3)ncnc2n1. The molecule has 0 bridgehead atoms. The van der Waals surface area contributed by atoms with Gasteiger partial charge in [0, 0.05) is 27.2 Å². The van der Waals surface area contributed by atoms with Crippen molar-refractivity contribution >= 4 is 40.0 Å². The average molecular weight is 508 g/mol. The van der Waals surface area contributed by atoms with E-state index in [9.17, 15) is 0 Å². The normalized spacial score (nSPS) is 12.0. The fourth-order valence-corrected chi connectivity index (χ4v) is 4.82. The first-order chi connectivity index (χ1) is 18.0. The molecular weight excluding hydrogens is 478 g/mol. The molecule has 0 saturated heterocycles. The van der Waals surface area contributed by atoms with Crippen molar-refractivity contribution in [2.45, 2.75) is 42.6 Å². The van der Waals surface area contributed by atoms with Crippen LogP contribution in [0.4, 0.5) is 17.2 Å². The molecule has 7 heteroatoms. The van der Waals surface area contributed by atoms with E-state index in [4.69, 9.17) is 15.5 Å². The first-order valence-electron chi connectivity index (χ1n) is 12.2. The van der Waals surface area contributed by atoms with Gasteiger partial charge in [0.25, 0.3) is 0 Å². The zero-order valence-electron chi connectivity index (χ0n) is 21.1. The smallest absolute Gasteiger partial charge is 0.164 e. The van der Waals surface area contributed by atoms with Gasteiger partial charge >= 0.3 is 0 Å². The van der Waals surface area contributed by atoms with Crippen LogP contribution in [0.2, 0.25) is 0 Å². The molecule has 1 unspecified atom stereocenters. The van der Waals surface area contributed by atoms with Crippen LogP contribution in [-0.4, -0.2) is 15.0 Å². The second-order valence-electron chi connectivity index (χ2n) is 9.11. The molecule has 5 rings (SSSR count). The summed E-state index contributed by atoms with van der Waals surface area (Å²) in [5.74, 6) is 1.78. The van der Waals surface area contributed by atoms with Crippen LogP contribution in [-0.2, 0) is 0 Å². The summed E-state index contributed by atoms with van der Waals surface area (Å²) >= 11 is 1.65. The van der Waals surface area contributed by atoms with Crippen molar-refractivity contribution in [2.24, 2.45) is 0 Å². The topological polar surface area (TPSA) is 86.0 Å². The van der Waals surface area contributed by atoms with E-state index in [1.165, 1.54) is 0 Å². The number of nitrogens with one attached hydrogen (secondary N) is 1. The standard InChI is InChI=1S/C30H29N5OS/c1-19(2)26-15-14-25-29(34-26)32-18-33-30(25)35-27-17-23(36-20(3)21-7-5-4-6-8-21)11-16-28(27)37-24-12-9-22(31)10-13-24/h4-20H,31H2,1-3H3,(H,32,33,34,35). The number of anilines is 3. The number of nitrogens with two attached hydrogens (primary N) is 1. The number of hydrogen-bond acceptors (Lipinski definition) is 7. The van der Waals surface area contributed by atoms with Crippen LogP contribution in [0.15, 0.2) is 101 Å². The largest absolute Gasteiger partial charge is 0.486 e. The number of ether oxygens (including phenoxy) is 1. The van der Waals surface area contributed by atoms with Crippen LogP contribution in [0.1, 0.15) is 44.1 Å². The predicted molar refractivity (Wildman–Crippen MR) is 152 cm³/mol. The van der Waals surface area contributed by atoms with Gasteiger partial charge in [-0.15, -0.1) is 0 Å². The van der Waals surface area contributed by atoms with E-state index in [-0.39, 0.29) is 6.10 Å². The van der Waals surface area contributed by atoms with Crippen molar-refractivity contribution < 1.29 is 4.74 Å². The molecule has 0 aliphatic rings. The summed E-state index contributed by atoms with van der Waals surface area (Å²) < 4.78 is 6.32. The molecule has 0 spiro atoms. The molecule has 5 aromatic rings. The molecule has 0 amide bonds. The molecule has 0 saturated carbocycles. The highest BCUT2D eigenvalue weighted by Crippen LogP contribution is 2.39. The Labute approximate surface area is 221 Å². The molecule has 1 atom stereocenters. The Balaban J connectivity index is 1.50. The predicted octanol–water partition coefficient (Wildman–Crippen LogP) is 7.77. The average Bonchev–Trinajstić information content (AvgIpc) is 2.91. The second-order valence-corrected chi connectivity index (χ2v) is 10.2. The number of pyridine rings is 1. The van der Waals surface area contributed by atoms with Crippen molar-refractivity contribution in [1.82, 2.24) is 15.0 Å². The van der Waals surface area contributed by atoms with Gasteiger partial charge in [-0.25, -0.2) is 15.0 Å². The van der Waals surface area contributed by atoms with Crippen molar-refractivity contribution in [1.29, 1.82) is 0 Å². The summed E-state index contributed by atoms with van der Waals surface area (Å²) in [6.45, 7) is 6.30. The van der Waals surface area contributed by atoms with Crippen molar-refractivity contribution in [3.05, 3.63) is 103 Å². The molecule has 0 fully saturated rings. The van der Waals surface area contributed by atoms with Gasteiger partial charge < -0.3 is 15.8 Å². The van der Waals surface area contributed by atoms with Gasteiger partial charge in [0.2, 0.25) is 0 Å². The van der Waals surface area contributed by atoms with Gasteiger partial charge in [-0.2, -0.15) is 0 Å². The van der Waals surface area contributed by atoms with Gasteiger partial charge in [0.05, 0.1) is 11.1 Å². The van der Waals surface area contributed by atoms with Crippen molar-refractivity contribution in [2.75, 3.05) is 11.1 Å². The van der Waals surface area contributed by atoms with Crippen LogP contribution >= 0.6 is 11.8 Å². The highest BCUT2D eigenvalue weighted by atomic mass is 32.2. The molecule has 6 nitrogen and oxygen atoms in total. The van der Waals surface area contributed by atoms with E-state index >= 15 is 0 Å². The zero-order chi connectivity index (χ0) is 25.8. The Bertz CT molecular complexity index is 1510. The minimum absolute atomic E-state index is 0.0943. The molecule has 0 aliphatic carbocycles. The third-order valence-electron chi connectivity index (χ3n) is 6.00. The summed E-state index contributed by atoms with van der Waals surface area (Å²) in [6, 6.07) is 28.2. The van der Waals surface area contributed by atoms with E-state index in [0.717, 1.165) is 43.6 Å². The lowest BCUT2D eigenvalue weighted by Crippen LogP contribution is -2.04. The molecule has 3 aromatic carbocycles. The van der Waals surface area contributed by atoms with Gasteiger partial charge in [0.15, 0.2) is 5.65 Å². The van der Waals surface area contributed by atoms with Crippen LogP contribution in [0, 0.1) is 0 Å². The van der Waals surface area contributed by atoms with Gasteiger partial charge in [-0.05, 0) is 66.9 Å². The fourth-order valence-electron chi connectivity index (χ4n) is 3.93. The Morgan fingerprint density at radius 1 is 0.865 bits per heavy atom. The van der Waals surface area contributed by atoms with E-state index in [1.807, 2.05) is 66.7 Å². The van der Waals surface area contributed by atoms with Crippen LogP contribution < -0.4 is 15.8 Å². The Morgan fingerprint density at radius 3 is 2.41 bits per heavy atom. The van der Waals surface area contributed by atoms with E-state index in [0.29, 0.717) is 17.4 Å². The number of hydrogen-bond donors (Lipinski definition) is 2. The first-order valence-corrected chi connectivity index (χ1v) is 13.1. The molecule has 2 aromatic heterocycles. The van der Waals surface area contributed by atoms with E-state index < -0.39 is 0 Å². The molecule has 0 aliphatic heterocycles. The Kier molecular flexibility index (Phi) is 7.23. The summed E-state index contributed by atoms with van der Waals surface area (Å²) in [6.07, 6.45) is 1.45. The minimum atomic E-state index is -0.0943. The second kappa shape index (κ2) is 10.9. The van der Waals surface area contributed by atoms with Crippen LogP contribution in [0.5, 0.6) is 5.75 Å². The molecular formula is C30H29N5OS. The summed E-state index contributed by atoms with van der Waals surface area (Å²) in [4.78, 5) is 15.8. The first kappa shape index (κ1) is 24.6. The maximum Gasteiger partial charge on any atom is 0.164 e. The monoisotopic (exact) mass is 507 g/mol. The number of nitrogen functional groups attached to an aromatic ring is 1. The van der Waals surface area contributed by atoms with Gasteiger partial charge in [0.1, 0.15) is 24.0 Å². The maximum atomic E-state index is 6.32. The van der Waals surface area contributed by atoms with Gasteiger partial charge in [-0.1, -0.05) is 55.9 Å². The zero-order valence-corrected chi connectivity index (χ0v) is 21.9. The third-order valence-corrected chi connectivity index (χ3v) is 7.09. The lowest BCUT2D eigenvalue weighted by molar-refractivity contribution is 0.227. The maximum absolute atomic E-state index is 6.32. The van der Waals surface area contributed by atoms with Crippen LogP contribution in [0.25, 0.3) is 11.0 Å². The Morgan fingerprint density at radius 2 is 1.65 bits per heavy atom. The van der Waals surface area contributed by atoms with E-state index in [1.54, 1.807) is 18.1 Å². The summed E-state index contributed by atoms with van der Waals surface area (Å²) in [5.41, 5.74) is 10.3. The highest BCUT2D eigenvalue weighted by Gasteiger charge is 2.14. The lowest BCUT2D eigenvalue weighted by atomic mass is 10.1. The highest BCUT2D eigenvalue weighted by molar-refractivity contribution is 7.99. The molecule has 37 heavy (non-hydrogen) atoms. The van der Waals surface area contributed by atoms with Crippen molar-refractivity contribution in [3.8, 4) is 5.75 Å². The fraction of sp³-hybridized carbons (Fsp3) is 0.167. The molecule has 2 heterocycles. The number of nitrogens with zero attached hydrogens (tertiary/aromatic N) is 3. The van der Waals surface area contributed by atoms with E-state index in [2.05, 4.69) is 54.3 Å².